The summed E-state index contributed by atoms with van der Waals surface area (Å²) in [7, 11) is -1.89. The van der Waals surface area contributed by atoms with Gasteiger partial charge >= 0.3 is 0 Å². The molecule has 144 valence electrons. The van der Waals surface area contributed by atoms with E-state index in [0.717, 1.165) is 31.2 Å². The van der Waals surface area contributed by atoms with Crippen molar-refractivity contribution in [1.29, 1.82) is 0 Å². The van der Waals surface area contributed by atoms with Crippen molar-refractivity contribution in [3.63, 3.8) is 0 Å². The van der Waals surface area contributed by atoms with Crippen molar-refractivity contribution in [2.24, 2.45) is 0 Å². The minimum atomic E-state index is -3.54. The Bertz CT molecular complexity index is 901. The highest BCUT2D eigenvalue weighted by Crippen LogP contribution is 2.26. The zero-order chi connectivity index (χ0) is 19.4. The van der Waals surface area contributed by atoms with Crippen LogP contribution in [0.1, 0.15) is 48.0 Å². The maximum Gasteiger partial charge on any atom is 0.255 e. The van der Waals surface area contributed by atoms with Gasteiger partial charge in [0.2, 0.25) is 10.0 Å². The van der Waals surface area contributed by atoms with E-state index < -0.39 is 10.0 Å². The molecule has 1 saturated carbocycles. The molecule has 0 atom stereocenters. The highest BCUT2D eigenvalue weighted by molar-refractivity contribution is 7.89. The number of nitrogens with one attached hydrogen (secondary N) is 1. The van der Waals surface area contributed by atoms with Gasteiger partial charge in [-0.25, -0.2) is 8.42 Å². The zero-order valence-corrected chi connectivity index (χ0v) is 16.6. The summed E-state index contributed by atoms with van der Waals surface area (Å²) in [5.74, 6) is -0.259. The van der Waals surface area contributed by atoms with Gasteiger partial charge in [-0.15, -0.1) is 0 Å². The highest BCUT2D eigenvalue weighted by atomic mass is 32.2. The van der Waals surface area contributed by atoms with Gasteiger partial charge in [0.1, 0.15) is 0 Å². The van der Waals surface area contributed by atoms with Crippen LogP contribution in [0.2, 0.25) is 0 Å². The molecular weight excluding hydrogens is 360 g/mol. The predicted molar refractivity (Wildman–Crippen MR) is 107 cm³/mol. The number of benzene rings is 2. The topological polar surface area (TPSA) is 66.5 Å². The largest absolute Gasteiger partial charge is 0.322 e. The van der Waals surface area contributed by atoms with Crippen LogP contribution in [0.25, 0.3) is 0 Å². The SMILES string of the molecule is Cc1cccc(NC(=O)c2ccc(S(=O)(=O)N(C)C3CCCCC3)cc2)c1. The third-order valence-electron chi connectivity index (χ3n) is 5.16. The monoisotopic (exact) mass is 386 g/mol. The second-order valence-corrected chi connectivity index (χ2v) is 9.16. The van der Waals surface area contributed by atoms with Gasteiger partial charge in [0.25, 0.3) is 5.91 Å². The van der Waals surface area contributed by atoms with Crippen molar-refractivity contribution in [1.82, 2.24) is 4.31 Å². The molecule has 1 fully saturated rings. The van der Waals surface area contributed by atoms with Crippen LogP contribution >= 0.6 is 0 Å². The molecule has 3 rings (SSSR count). The lowest BCUT2D eigenvalue weighted by Crippen LogP contribution is -2.38. The molecular formula is C21H26N2O3S. The van der Waals surface area contributed by atoms with Gasteiger partial charge < -0.3 is 5.32 Å². The molecule has 0 heterocycles. The lowest BCUT2D eigenvalue weighted by molar-refractivity contribution is 0.102. The number of aryl methyl sites for hydroxylation is 1. The van der Waals surface area contributed by atoms with Gasteiger partial charge in [0.05, 0.1) is 4.90 Å². The summed E-state index contributed by atoms with van der Waals surface area (Å²) in [6.07, 6.45) is 5.14. The number of hydrogen-bond donors (Lipinski definition) is 1. The lowest BCUT2D eigenvalue weighted by atomic mass is 9.96. The van der Waals surface area contributed by atoms with Gasteiger partial charge in [-0.05, 0) is 61.7 Å². The van der Waals surface area contributed by atoms with Crippen molar-refractivity contribution in [3.05, 3.63) is 59.7 Å². The molecule has 5 nitrogen and oxygen atoms in total. The fraction of sp³-hybridized carbons (Fsp3) is 0.381. The number of amides is 1. The van der Waals surface area contributed by atoms with Crippen LogP contribution in [0.15, 0.2) is 53.4 Å². The van der Waals surface area contributed by atoms with Gasteiger partial charge in [-0.3, -0.25) is 4.79 Å². The Labute approximate surface area is 161 Å². The molecule has 0 spiro atoms. The molecule has 6 heteroatoms. The van der Waals surface area contributed by atoms with Crippen molar-refractivity contribution in [2.75, 3.05) is 12.4 Å². The van der Waals surface area contributed by atoms with E-state index in [9.17, 15) is 13.2 Å². The van der Waals surface area contributed by atoms with Crippen molar-refractivity contribution < 1.29 is 13.2 Å². The summed E-state index contributed by atoms with van der Waals surface area (Å²) in [5.41, 5.74) is 2.20. The number of sulfonamides is 1. The van der Waals surface area contributed by atoms with E-state index >= 15 is 0 Å². The fourth-order valence-electron chi connectivity index (χ4n) is 3.51. The summed E-state index contributed by atoms with van der Waals surface area (Å²) in [5, 5.41) is 2.83. The average molecular weight is 387 g/mol. The minimum Gasteiger partial charge on any atom is -0.322 e. The number of carbonyl (C=O) groups is 1. The summed E-state index contributed by atoms with van der Waals surface area (Å²) < 4.78 is 27.2. The molecule has 1 N–H and O–H groups in total. The van der Waals surface area contributed by atoms with Crippen LogP contribution in [0.5, 0.6) is 0 Å². The second-order valence-electron chi connectivity index (χ2n) is 7.16. The van der Waals surface area contributed by atoms with Crippen LogP contribution in [-0.2, 0) is 10.0 Å². The molecule has 0 aliphatic heterocycles. The fourth-order valence-corrected chi connectivity index (χ4v) is 4.93. The van der Waals surface area contributed by atoms with E-state index in [-0.39, 0.29) is 16.8 Å². The van der Waals surface area contributed by atoms with Crippen molar-refractivity contribution in [2.45, 2.75) is 50.0 Å². The molecule has 1 aliphatic rings. The molecule has 0 bridgehead atoms. The first-order valence-corrected chi connectivity index (χ1v) is 10.8. The summed E-state index contributed by atoms with van der Waals surface area (Å²) >= 11 is 0. The van der Waals surface area contributed by atoms with Gasteiger partial charge in [0, 0.05) is 24.3 Å². The molecule has 0 unspecified atom stereocenters. The molecule has 2 aromatic carbocycles. The normalized spacial score (nSPS) is 15.7. The Morgan fingerprint density at radius 1 is 1.04 bits per heavy atom. The Hall–Kier alpha value is -2.18. The smallest absolute Gasteiger partial charge is 0.255 e. The molecule has 0 radical (unpaired) electrons. The standard InChI is InChI=1S/C21H26N2O3S/c1-16-7-6-8-18(15-16)22-21(24)17-11-13-20(14-12-17)27(25,26)23(2)19-9-4-3-5-10-19/h6-8,11-15,19H,3-5,9-10H2,1-2H3,(H,22,24). The van der Waals surface area contributed by atoms with E-state index in [0.29, 0.717) is 11.3 Å². The third kappa shape index (κ3) is 4.57. The minimum absolute atomic E-state index is 0.0630. The first-order valence-electron chi connectivity index (χ1n) is 9.34. The maximum absolute atomic E-state index is 12.9. The van der Waals surface area contributed by atoms with Crippen LogP contribution < -0.4 is 5.32 Å². The first-order chi connectivity index (χ1) is 12.9. The van der Waals surface area contributed by atoms with E-state index in [1.165, 1.54) is 22.9 Å². The summed E-state index contributed by atoms with van der Waals surface area (Å²) in [6.45, 7) is 1.96. The third-order valence-corrected chi connectivity index (χ3v) is 7.08. The molecule has 0 aromatic heterocycles. The lowest BCUT2D eigenvalue weighted by Gasteiger charge is -2.30. The Kier molecular flexibility index (Phi) is 5.97. The number of rotatable bonds is 5. The molecule has 27 heavy (non-hydrogen) atoms. The van der Waals surface area contributed by atoms with Crippen LogP contribution in [-0.4, -0.2) is 31.7 Å². The Morgan fingerprint density at radius 3 is 2.33 bits per heavy atom. The zero-order valence-electron chi connectivity index (χ0n) is 15.8. The van der Waals surface area contributed by atoms with E-state index in [2.05, 4.69) is 5.32 Å². The van der Waals surface area contributed by atoms with Crippen LogP contribution in [0.3, 0.4) is 0 Å². The number of carbonyl (C=O) groups excluding carboxylic acids is 1. The summed E-state index contributed by atoms with van der Waals surface area (Å²) in [4.78, 5) is 12.6. The van der Waals surface area contributed by atoms with Crippen molar-refractivity contribution >= 4 is 21.6 Å². The molecule has 0 saturated heterocycles. The summed E-state index contributed by atoms with van der Waals surface area (Å²) in [6, 6.07) is 13.8. The van der Waals surface area contributed by atoms with Gasteiger partial charge in [-0.1, -0.05) is 31.4 Å². The van der Waals surface area contributed by atoms with E-state index in [1.54, 1.807) is 19.2 Å². The Morgan fingerprint density at radius 2 is 1.70 bits per heavy atom. The van der Waals surface area contributed by atoms with Gasteiger partial charge in [-0.2, -0.15) is 4.31 Å². The van der Waals surface area contributed by atoms with E-state index in [4.69, 9.17) is 0 Å². The Balaban J connectivity index is 1.73. The number of hydrogen-bond acceptors (Lipinski definition) is 3. The van der Waals surface area contributed by atoms with Crippen LogP contribution in [0.4, 0.5) is 5.69 Å². The van der Waals surface area contributed by atoms with Gasteiger partial charge in [0.15, 0.2) is 0 Å². The maximum atomic E-state index is 12.9. The highest BCUT2D eigenvalue weighted by Gasteiger charge is 2.29. The molecule has 1 aliphatic carbocycles. The van der Waals surface area contributed by atoms with Crippen LogP contribution in [0, 0.1) is 6.92 Å². The second kappa shape index (κ2) is 8.23. The number of nitrogens with zero attached hydrogens (tertiary/aromatic N) is 1. The molecule has 2 aromatic rings. The average Bonchev–Trinajstić information content (AvgIpc) is 2.68. The number of anilines is 1. The quantitative estimate of drug-likeness (QED) is 0.837. The van der Waals surface area contributed by atoms with E-state index in [1.807, 2.05) is 31.2 Å². The predicted octanol–water partition coefficient (Wildman–Crippen LogP) is 4.20. The van der Waals surface area contributed by atoms with Crippen molar-refractivity contribution in [3.8, 4) is 0 Å². The first kappa shape index (κ1) is 19.6. The molecule has 1 amide bonds.